The summed E-state index contributed by atoms with van der Waals surface area (Å²) in [6, 6.07) is 162. The number of anilines is 12. The zero-order valence-corrected chi connectivity index (χ0v) is 59.5. The van der Waals surface area contributed by atoms with E-state index in [1.54, 1.807) is 0 Å². The van der Waals surface area contributed by atoms with Crippen molar-refractivity contribution in [2.24, 2.45) is 0 Å². The predicted molar refractivity (Wildman–Crippen MR) is 458 cm³/mol. The van der Waals surface area contributed by atoms with Crippen molar-refractivity contribution in [1.82, 2.24) is 0 Å². The number of fused-ring (bicyclic) bond motifs is 2. The fourth-order valence-electron chi connectivity index (χ4n) is 15.0. The Morgan fingerprint density at radius 3 is 0.639 bits per heavy atom. The summed E-state index contributed by atoms with van der Waals surface area (Å²) in [7, 11) is 0. The van der Waals surface area contributed by atoms with Crippen molar-refractivity contribution in [3.05, 3.63) is 449 Å². The molecule has 0 saturated heterocycles. The molecule has 18 aromatic rings. The molecular weight excluding hydrogens is 1310 g/mol. The highest BCUT2D eigenvalue weighted by atomic mass is 15.2. The molecule has 18 rings (SSSR count). The highest BCUT2D eigenvalue weighted by Gasteiger charge is 2.20. The highest BCUT2D eigenvalue weighted by Crippen LogP contribution is 2.45. The molecule has 0 N–H and O–H groups in total. The summed E-state index contributed by atoms with van der Waals surface area (Å²) >= 11 is 0. The van der Waals surface area contributed by atoms with Crippen LogP contribution in [0.2, 0.25) is 0 Å². The van der Waals surface area contributed by atoms with Crippen LogP contribution in [0.5, 0.6) is 0 Å². The minimum atomic E-state index is 1.07. The van der Waals surface area contributed by atoms with Crippen LogP contribution in [0.4, 0.5) is 68.2 Å². The molecule has 0 bridgehead atoms. The minimum Gasteiger partial charge on any atom is -0.311 e. The first kappa shape index (κ1) is 65.7. The molecule has 0 fully saturated rings. The van der Waals surface area contributed by atoms with Crippen LogP contribution in [0.3, 0.4) is 0 Å². The van der Waals surface area contributed by atoms with Gasteiger partial charge in [-0.1, -0.05) is 309 Å². The average Bonchev–Trinajstić information content (AvgIpc) is 0.788. The molecule has 0 amide bonds. The summed E-state index contributed by atoms with van der Waals surface area (Å²) in [5, 5.41) is 4.86. The quantitative estimate of drug-likeness (QED) is 0.0800. The Morgan fingerprint density at radius 2 is 0.315 bits per heavy atom. The van der Waals surface area contributed by atoms with E-state index in [0.29, 0.717) is 0 Å². The van der Waals surface area contributed by atoms with E-state index < -0.39 is 0 Å². The molecule has 0 heterocycles. The van der Waals surface area contributed by atoms with Gasteiger partial charge in [-0.3, -0.25) is 0 Å². The van der Waals surface area contributed by atoms with Gasteiger partial charge in [0.2, 0.25) is 0 Å². The van der Waals surface area contributed by atoms with Crippen LogP contribution in [0.25, 0.3) is 99.4 Å². The van der Waals surface area contributed by atoms with E-state index in [4.69, 9.17) is 0 Å². The summed E-state index contributed by atoms with van der Waals surface area (Å²) < 4.78 is 0. The van der Waals surface area contributed by atoms with E-state index in [1.165, 1.54) is 54.9 Å². The van der Waals surface area contributed by atoms with Gasteiger partial charge in [-0.25, -0.2) is 0 Å². The second-order valence-corrected chi connectivity index (χ2v) is 27.3. The lowest BCUT2D eigenvalue weighted by atomic mass is 9.97. The molecular formula is C104H74N4. The molecule has 0 radical (unpaired) electrons. The van der Waals surface area contributed by atoms with Crippen molar-refractivity contribution in [1.29, 1.82) is 0 Å². The lowest BCUT2D eigenvalue weighted by molar-refractivity contribution is 1.28. The van der Waals surface area contributed by atoms with Crippen molar-refractivity contribution in [2.75, 3.05) is 19.6 Å². The van der Waals surface area contributed by atoms with Gasteiger partial charge < -0.3 is 19.6 Å². The Balaban J connectivity index is 0.577. The van der Waals surface area contributed by atoms with E-state index in [0.717, 1.165) is 113 Å². The van der Waals surface area contributed by atoms with Crippen LogP contribution in [0, 0.1) is 0 Å². The Morgan fingerprint density at radius 1 is 0.111 bits per heavy atom. The average molecular weight is 1380 g/mol. The van der Waals surface area contributed by atoms with Crippen LogP contribution in [-0.4, -0.2) is 0 Å². The largest absolute Gasteiger partial charge is 0.311 e. The molecule has 4 heteroatoms. The van der Waals surface area contributed by atoms with Gasteiger partial charge in [-0.2, -0.15) is 0 Å². The fraction of sp³-hybridized carbons (Fsp3) is 0. The zero-order valence-electron chi connectivity index (χ0n) is 59.5. The molecule has 18 aromatic carbocycles. The Kier molecular flexibility index (Phi) is 18.1. The first-order valence-corrected chi connectivity index (χ1v) is 36.9. The molecule has 0 aliphatic rings. The third kappa shape index (κ3) is 13.7. The van der Waals surface area contributed by atoms with Crippen LogP contribution < -0.4 is 19.6 Å². The summed E-state index contributed by atoms with van der Waals surface area (Å²) in [6.45, 7) is 0. The first-order chi connectivity index (χ1) is 53.5. The molecule has 4 nitrogen and oxygen atoms in total. The van der Waals surface area contributed by atoms with Crippen molar-refractivity contribution < 1.29 is 0 Å². The number of hydrogen-bond donors (Lipinski definition) is 0. The van der Waals surface area contributed by atoms with Gasteiger partial charge in [0.25, 0.3) is 0 Å². The lowest BCUT2D eigenvalue weighted by Gasteiger charge is -2.27. The number of para-hydroxylation sites is 2. The first-order valence-electron chi connectivity index (χ1n) is 36.9. The Hall–Kier alpha value is -14.3. The number of rotatable bonds is 19. The topological polar surface area (TPSA) is 13.0 Å². The summed E-state index contributed by atoms with van der Waals surface area (Å²) in [5.41, 5.74) is 29.4. The zero-order chi connectivity index (χ0) is 72.0. The summed E-state index contributed by atoms with van der Waals surface area (Å²) in [5.74, 6) is 0. The second kappa shape index (κ2) is 29.8. The number of hydrogen-bond acceptors (Lipinski definition) is 4. The van der Waals surface area contributed by atoms with Gasteiger partial charge in [0.15, 0.2) is 0 Å². The molecule has 0 atom stereocenters. The van der Waals surface area contributed by atoms with Crippen LogP contribution in [0.15, 0.2) is 449 Å². The molecule has 0 saturated carbocycles. The van der Waals surface area contributed by atoms with Gasteiger partial charge in [0.1, 0.15) is 0 Å². The van der Waals surface area contributed by atoms with Gasteiger partial charge in [0, 0.05) is 67.9 Å². The fourth-order valence-corrected chi connectivity index (χ4v) is 15.0. The molecule has 0 unspecified atom stereocenters. The Labute approximate surface area is 632 Å². The Bertz CT molecular complexity index is 6050. The molecule has 0 spiro atoms. The molecule has 0 aliphatic heterocycles. The maximum Gasteiger partial charge on any atom is 0.0540 e. The van der Waals surface area contributed by atoms with E-state index in [-0.39, 0.29) is 0 Å². The lowest BCUT2D eigenvalue weighted by Crippen LogP contribution is -2.10. The third-order valence-electron chi connectivity index (χ3n) is 20.7. The van der Waals surface area contributed by atoms with Crippen molar-refractivity contribution >= 4 is 89.8 Å². The van der Waals surface area contributed by atoms with Gasteiger partial charge in [-0.15, -0.1) is 0 Å². The smallest absolute Gasteiger partial charge is 0.0540 e. The van der Waals surface area contributed by atoms with E-state index in [9.17, 15) is 0 Å². The number of benzene rings is 18. The third-order valence-corrected chi connectivity index (χ3v) is 20.7. The number of nitrogens with zero attached hydrogens (tertiary/aromatic N) is 4. The van der Waals surface area contributed by atoms with Crippen molar-refractivity contribution in [3.63, 3.8) is 0 Å². The SMILES string of the molecule is c1ccc(-c2ccc(N(c3ccc(-c4ccc(-c5ccc(-c6ccc(N(c7ccc(-c8ccccc8)cc7)c7ccc(-c8ccc(N(c9ccccc9)c9cccc%10ccccc9%10)cc8)cc7)cc6)cc5)cc4)cc3)c3ccc(-c4ccc(N(c5ccccc5)c5ccc6ccccc6c5)cc4)cc3)cc2)cc1. The van der Waals surface area contributed by atoms with Crippen molar-refractivity contribution in [3.8, 4) is 77.9 Å². The van der Waals surface area contributed by atoms with Gasteiger partial charge in [-0.05, 0) is 234 Å². The van der Waals surface area contributed by atoms with Gasteiger partial charge in [0.05, 0.1) is 5.69 Å². The maximum atomic E-state index is 2.35. The molecule has 0 aromatic heterocycles. The van der Waals surface area contributed by atoms with Crippen LogP contribution in [0.1, 0.15) is 0 Å². The van der Waals surface area contributed by atoms with Crippen LogP contribution in [-0.2, 0) is 0 Å². The predicted octanol–water partition coefficient (Wildman–Crippen LogP) is 29.5. The van der Waals surface area contributed by atoms with E-state index in [1.807, 2.05) is 0 Å². The summed E-state index contributed by atoms with van der Waals surface area (Å²) in [4.78, 5) is 9.38. The second-order valence-electron chi connectivity index (χ2n) is 27.3. The maximum absolute atomic E-state index is 2.35. The standard InChI is InChI=1S/C104H74N4/c1-5-18-75(19-6-1)82-40-57-94(58-41-82)105(98-65-48-86(49-66-98)88-52-69-100(70-53-88)107(92-26-9-3-10-27-92)102-73-56-77-22-13-14-24-91(77)74-102)96-61-44-84(45-62-96)80-36-32-78(33-37-80)79-34-38-81(39-35-79)85-46-63-97(64-47-85)106(95-59-42-83(43-60-95)76-20-7-2-8-21-76)99-67-50-87(51-68-99)89-54-71-101(72-55-89)108(93-28-11-4-12-29-93)104-31-17-25-90-23-15-16-30-103(90)104/h1-74H. The van der Waals surface area contributed by atoms with Gasteiger partial charge >= 0.3 is 0 Å². The van der Waals surface area contributed by atoms with E-state index in [2.05, 4.69) is 469 Å². The normalized spacial score (nSPS) is 11.1. The molecule has 510 valence electrons. The monoisotopic (exact) mass is 1380 g/mol. The van der Waals surface area contributed by atoms with Crippen molar-refractivity contribution in [2.45, 2.75) is 0 Å². The van der Waals surface area contributed by atoms with E-state index >= 15 is 0 Å². The summed E-state index contributed by atoms with van der Waals surface area (Å²) in [6.07, 6.45) is 0. The highest BCUT2D eigenvalue weighted by molar-refractivity contribution is 5.99. The minimum absolute atomic E-state index is 1.07. The molecule has 0 aliphatic carbocycles. The van der Waals surface area contributed by atoms with Crippen LogP contribution >= 0.6 is 0 Å². The molecule has 108 heavy (non-hydrogen) atoms.